The van der Waals surface area contributed by atoms with Crippen molar-refractivity contribution in [2.45, 2.75) is 31.1 Å². The highest BCUT2D eigenvalue weighted by Crippen LogP contribution is 2.49. The normalized spacial score (nSPS) is 21.1. The number of hydrogen-bond acceptors (Lipinski definition) is 2. The van der Waals surface area contributed by atoms with Crippen molar-refractivity contribution < 1.29 is 14.7 Å². The summed E-state index contributed by atoms with van der Waals surface area (Å²) in [4.78, 5) is 23.5. The smallest absolute Gasteiger partial charge is 0.311 e. The van der Waals surface area contributed by atoms with Crippen molar-refractivity contribution in [3.8, 4) is 0 Å². The number of nitrogens with one attached hydrogen (secondary N) is 1. The van der Waals surface area contributed by atoms with E-state index in [9.17, 15) is 9.59 Å². The molecule has 4 nitrogen and oxygen atoms in total. The van der Waals surface area contributed by atoms with Gasteiger partial charge in [-0.15, -0.1) is 0 Å². The van der Waals surface area contributed by atoms with Gasteiger partial charge in [0.15, 0.2) is 0 Å². The van der Waals surface area contributed by atoms with Crippen molar-refractivity contribution in [2.24, 2.45) is 5.41 Å². The minimum absolute atomic E-state index is 0.0626. The highest BCUT2D eigenvalue weighted by molar-refractivity contribution is 6.30. The Morgan fingerprint density at radius 1 is 1.15 bits per heavy atom. The molecule has 5 heteroatoms. The third kappa shape index (κ3) is 2.18. The number of aliphatic carboxylic acids is 1. The molecule has 0 aliphatic heterocycles. The zero-order chi connectivity index (χ0) is 14.4. The highest BCUT2D eigenvalue weighted by Gasteiger charge is 2.54. The summed E-state index contributed by atoms with van der Waals surface area (Å²) in [6, 6.07) is 7.31. The van der Waals surface area contributed by atoms with Crippen molar-refractivity contribution in [1.82, 2.24) is 5.32 Å². The zero-order valence-electron chi connectivity index (χ0n) is 11.0. The maximum Gasteiger partial charge on any atom is 0.311 e. The Bertz CT molecular complexity index is 559. The molecule has 2 fully saturated rings. The molecule has 2 saturated carbocycles. The van der Waals surface area contributed by atoms with E-state index in [4.69, 9.17) is 16.7 Å². The molecule has 2 N–H and O–H groups in total. The molecule has 1 aromatic carbocycles. The van der Waals surface area contributed by atoms with Crippen LogP contribution in [0.5, 0.6) is 0 Å². The van der Waals surface area contributed by atoms with Crippen LogP contribution < -0.4 is 5.32 Å². The van der Waals surface area contributed by atoms with E-state index in [2.05, 4.69) is 5.32 Å². The molecule has 1 amide bonds. The molecule has 20 heavy (non-hydrogen) atoms. The Kier molecular flexibility index (Phi) is 3.01. The Labute approximate surface area is 122 Å². The number of benzene rings is 1. The molecule has 106 valence electrons. The van der Waals surface area contributed by atoms with E-state index in [1.54, 1.807) is 12.1 Å². The summed E-state index contributed by atoms with van der Waals surface area (Å²) in [7, 11) is 0. The van der Waals surface area contributed by atoms with E-state index in [-0.39, 0.29) is 12.5 Å². The predicted molar refractivity (Wildman–Crippen MR) is 74.7 cm³/mol. The van der Waals surface area contributed by atoms with Crippen LogP contribution in [0.4, 0.5) is 0 Å². The first-order valence-electron chi connectivity index (χ1n) is 6.76. The Morgan fingerprint density at radius 3 is 2.20 bits per heavy atom. The van der Waals surface area contributed by atoms with Gasteiger partial charge in [0.25, 0.3) is 0 Å². The lowest BCUT2D eigenvalue weighted by molar-refractivity contribution is -0.143. The quantitative estimate of drug-likeness (QED) is 0.876. The average Bonchev–Trinajstić information content (AvgIpc) is 3.31. The summed E-state index contributed by atoms with van der Waals surface area (Å²) in [6.07, 6.45) is 2.91. The van der Waals surface area contributed by atoms with E-state index in [1.165, 1.54) is 0 Å². The minimum atomic E-state index is -0.811. The van der Waals surface area contributed by atoms with E-state index in [0.29, 0.717) is 17.9 Å². The number of carboxylic acid groups (broad SMARTS) is 1. The highest BCUT2D eigenvalue weighted by atomic mass is 35.5. The molecule has 0 unspecified atom stereocenters. The number of hydrogen-bond donors (Lipinski definition) is 2. The number of amides is 1. The van der Waals surface area contributed by atoms with E-state index < -0.39 is 16.8 Å². The average molecular weight is 294 g/mol. The fourth-order valence-corrected chi connectivity index (χ4v) is 2.70. The lowest BCUT2D eigenvalue weighted by atomic mass is 9.94. The number of carbonyl (C=O) groups is 2. The second-order valence-electron chi connectivity index (χ2n) is 5.86. The van der Waals surface area contributed by atoms with Gasteiger partial charge in [-0.1, -0.05) is 23.7 Å². The predicted octanol–water partition coefficient (Wildman–Crippen LogP) is 2.35. The summed E-state index contributed by atoms with van der Waals surface area (Å²) in [5, 5.41) is 12.6. The summed E-state index contributed by atoms with van der Waals surface area (Å²) in [5.41, 5.74) is -0.232. The molecule has 3 rings (SSSR count). The monoisotopic (exact) mass is 293 g/mol. The number of halogens is 1. The topological polar surface area (TPSA) is 66.4 Å². The van der Waals surface area contributed by atoms with Gasteiger partial charge in [0.2, 0.25) is 5.91 Å². The second-order valence-corrected chi connectivity index (χ2v) is 6.29. The van der Waals surface area contributed by atoms with Gasteiger partial charge in [-0.3, -0.25) is 9.59 Å². The molecule has 0 radical (unpaired) electrons. The lowest BCUT2D eigenvalue weighted by Gasteiger charge is -2.18. The van der Waals surface area contributed by atoms with Crippen molar-refractivity contribution in [3.05, 3.63) is 34.9 Å². The summed E-state index contributed by atoms with van der Waals surface area (Å²) in [5.74, 6) is -0.874. The van der Waals surface area contributed by atoms with Crippen LogP contribution in [0.2, 0.25) is 5.02 Å². The van der Waals surface area contributed by atoms with Gasteiger partial charge in [-0.25, -0.2) is 0 Å². The molecule has 2 aliphatic rings. The maximum atomic E-state index is 12.4. The van der Waals surface area contributed by atoms with E-state index in [0.717, 1.165) is 18.4 Å². The van der Waals surface area contributed by atoms with Crippen LogP contribution in [-0.4, -0.2) is 23.5 Å². The van der Waals surface area contributed by atoms with Gasteiger partial charge in [-0.05, 0) is 43.4 Å². The van der Waals surface area contributed by atoms with Crippen LogP contribution >= 0.6 is 11.6 Å². The van der Waals surface area contributed by atoms with E-state index >= 15 is 0 Å². The molecule has 0 spiro atoms. The molecular formula is C15H16ClNO3. The first kappa shape index (κ1) is 13.4. The maximum absolute atomic E-state index is 12.4. The van der Waals surface area contributed by atoms with Crippen LogP contribution in [0.3, 0.4) is 0 Å². The molecule has 0 heterocycles. The van der Waals surface area contributed by atoms with Crippen LogP contribution in [0, 0.1) is 5.41 Å². The molecular weight excluding hydrogens is 278 g/mol. The van der Waals surface area contributed by atoms with Gasteiger partial charge in [0.1, 0.15) is 0 Å². The Morgan fingerprint density at radius 2 is 1.75 bits per heavy atom. The standard InChI is InChI=1S/C15H16ClNO3/c16-11-3-1-10(2-4-11)15(7-8-15)12(18)17-9-14(5-6-14)13(19)20/h1-4H,5-9H2,(H,17,18)(H,19,20). The molecule has 1 aromatic rings. The lowest BCUT2D eigenvalue weighted by Crippen LogP contribution is -2.40. The zero-order valence-corrected chi connectivity index (χ0v) is 11.7. The van der Waals surface area contributed by atoms with Gasteiger partial charge >= 0.3 is 5.97 Å². The van der Waals surface area contributed by atoms with Crippen molar-refractivity contribution >= 4 is 23.5 Å². The summed E-state index contributed by atoms with van der Waals surface area (Å²) >= 11 is 5.86. The number of rotatable bonds is 5. The number of carboxylic acids is 1. The van der Waals surface area contributed by atoms with E-state index in [1.807, 2.05) is 12.1 Å². The van der Waals surface area contributed by atoms with Gasteiger partial charge in [-0.2, -0.15) is 0 Å². The minimum Gasteiger partial charge on any atom is -0.481 e. The van der Waals surface area contributed by atoms with Gasteiger partial charge < -0.3 is 10.4 Å². The third-order valence-corrected chi connectivity index (χ3v) is 4.73. The first-order valence-corrected chi connectivity index (χ1v) is 7.14. The van der Waals surface area contributed by atoms with Crippen LogP contribution in [0.1, 0.15) is 31.2 Å². The fourth-order valence-electron chi connectivity index (χ4n) is 2.58. The number of carbonyl (C=O) groups excluding carboxylic acids is 1. The van der Waals surface area contributed by atoms with Crippen molar-refractivity contribution in [1.29, 1.82) is 0 Å². The first-order chi connectivity index (χ1) is 9.48. The molecule has 2 aliphatic carbocycles. The second kappa shape index (κ2) is 4.48. The third-order valence-electron chi connectivity index (χ3n) is 4.48. The molecule has 0 bridgehead atoms. The molecule has 0 aromatic heterocycles. The molecule has 0 saturated heterocycles. The molecule has 0 atom stereocenters. The SMILES string of the molecule is O=C(O)C1(CNC(=O)C2(c3ccc(Cl)cc3)CC2)CC1. The van der Waals surface area contributed by atoms with Gasteiger partial charge in [0, 0.05) is 11.6 Å². The van der Waals surface area contributed by atoms with Gasteiger partial charge in [0.05, 0.1) is 10.8 Å². The Balaban J connectivity index is 1.68. The van der Waals surface area contributed by atoms with Crippen LogP contribution in [0.25, 0.3) is 0 Å². The summed E-state index contributed by atoms with van der Waals surface area (Å²) < 4.78 is 0. The largest absolute Gasteiger partial charge is 0.481 e. The summed E-state index contributed by atoms with van der Waals surface area (Å²) in [6.45, 7) is 0.233. The Hall–Kier alpha value is -1.55. The van der Waals surface area contributed by atoms with Crippen molar-refractivity contribution in [2.75, 3.05) is 6.54 Å². The van der Waals surface area contributed by atoms with Crippen LogP contribution in [-0.2, 0) is 15.0 Å². The van der Waals surface area contributed by atoms with Crippen molar-refractivity contribution in [3.63, 3.8) is 0 Å². The fraction of sp³-hybridized carbons (Fsp3) is 0.467. The van der Waals surface area contributed by atoms with Crippen LogP contribution in [0.15, 0.2) is 24.3 Å².